The molecule has 1 aromatic carbocycles. The highest BCUT2D eigenvalue weighted by Gasteiger charge is 2.37. The number of carbonyl (C=O) groups is 1. The van der Waals surface area contributed by atoms with Crippen LogP contribution < -0.4 is 0 Å². The minimum absolute atomic E-state index is 0.0324. The number of benzene rings is 1. The summed E-state index contributed by atoms with van der Waals surface area (Å²) in [5.74, 6) is -0.189. The van der Waals surface area contributed by atoms with Crippen LogP contribution in [0.4, 0.5) is 0 Å². The average molecular weight is 410 g/mol. The molecule has 0 bridgehead atoms. The number of carbonyl (C=O) groups excluding carboxylic acids is 1. The summed E-state index contributed by atoms with van der Waals surface area (Å²) < 4.78 is 24.0. The van der Waals surface area contributed by atoms with Crippen molar-refractivity contribution in [2.75, 3.05) is 11.5 Å². The van der Waals surface area contributed by atoms with E-state index in [0.717, 1.165) is 12.0 Å². The fourth-order valence-electron chi connectivity index (χ4n) is 2.36. The second-order valence-corrected chi connectivity index (χ2v) is 16.1. The highest BCUT2D eigenvalue weighted by atomic mass is 32.2. The average Bonchev–Trinajstić information content (AvgIpc) is 2.53. The molecule has 0 saturated carbocycles. The number of ether oxygens (including phenoxy) is 1. The van der Waals surface area contributed by atoms with Crippen molar-refractivity contribution < 1.29 is 13.7 Å². The topological polar surface area (TPSA) is 55.7 Å². The Labute approximate surface area is 166 Å². The van der Waals surface area contributed by atoms with Gasteiger partial charge in [0.15, 0.2) is 8.24 Å². The first-order chi connectivity index (χ1) is 12.4. The maximum Gasteiger partial charge on any atom is 0.320 e. The van der Waals surface area contributed by atoms with Crippen LogP contribution in [0, 0.1) is 0 Å². The molecule has 4 nitrogen and oxygen atoms in total. The van der Waals surface area contributed by atoms with Crippen LogP contribution in [0.5, 0.6) is 0 Å². The maximum atomic E-state index is 13.6. The second-order valence-electron chi connectivity index (χ2n) is 8.50. The van der Waals surface area contributed by atoms with E-state index in [0.29, 0.717) is 12.2 Å². The first-order valence-electron chi connectivity index (χ1n) is 9.49. The third-order valence-corrected chi connectivity index (χ3v) is 13.5. The van der Waals surface area contributed by atoms with Crippen molar-refractivity contribution in [2.45, 2.75) is 64.8 Å². The quantitative estimate of drug-likeness (QED) is 0.226. The van der Waals surface area contributed by atoms with Crippen LogP contribution in [0.3, 0.4) is 0 Å². The van der Waals surface area contributed by atoms with E-state index >= 15 is 0 Å². The molecule has 27 heavy (non-hydrogen) atoms. The van der Waals surface area contributed by atoms with Crippen LogP contribution in [0.2, 0.25) is 18.1 Å². The molecule has 0 aliphatic carbocycles. The van der Waals surface area contributed by atoms with Crippen molar-refractivity contribution in [1.82, 2.24) is 0 Å². The Morgan fingerprint density at radius 3 is 2.41 bits per heavy atom. The van der Waals surface area contributed by atoms with Gasteiger partial charge in [-0.3, -0.25) is 8.82 Å². The summed E-state index contributed by atoms with van der Waals surface area (Å²) in [5.41, 5.74) is 0.922. The van der Waals surface area contributed by atoms with Crippen LogP contribution in [-0.4, -0.2) is 29.9 Å². The van der Waals surface area contributed by atoms with Crippen LogP contribution >= 0.6 is 0 Å². The molecule has 1 aromatic rings. The lowest BCUT2D eigenvalue weighted by Gasteiger charge is -2.33. The fourth-order valence-corrected chi connectivity index (χ4v) is 8.61. The normalized spacial score (nSPS) is 15.5. The Kier molecular flexibility index (Phi) is 8.48. The fraction of sp³-hybridized carbons (Fsp3) is 0.571. The smallest absolute Gasteiger partial charge is 0.320 e. The summed E-state index contributed by atoms with van der Waals surface area (Å²) in [6.07, 6.45) is 2.91. The number of nitrogens with zero attached hydrogens (tertiary/aromatic N) is 1. The van der Waals surface area contributed by atoms with Crippen molar-refractivity contribution in [3.05, 3.63) is 48.6 Å². The molecule has 0 aliphatic heterocycles. The summed E-state index contributed by atoms with van der Waals surface area (Å²) in [5, 5.41) is -0.0324. The zero-order valence-corrected chi connectivity index (χ0v) is 19.5. The van der Waals surface area contributed by atoms with E-state index in [2.05, 4.69) is 40.4 Å². The van der Waals surface area contributed by atoms with Crippen molar-refractivity contribution in [1.29, 1.82) is 0 Å². The molecule has 152 valence electrons. The number of hydrogen-bond acceptors (Lipinski definition) is 4. The van der Waals surface area contributed by atoms with E-state index in [9.17, 15) is 9.00 Å². The Morgan fingerprint density at radius 2 is 1.89 bits per heavy atom. The molecule has 2 atom stereocenters. The summed E-state index contributed by atoms with van der Waals surface area (Å²) in [4.78, 5) is 12.5. The van der Waals surface area contributed by atoms with Crippen LogP contribution in [0.15, 0.2) is 47.0 Å². The van der Waals surface area contributed by atoms with E-state index in [-0.39, 0.29) is 16.9 Å². The summed E-state index contributed by atoms with van der Waals surface area (Å²) in [6, 6.07) is 9.57. The van der Waals surface area contributed by atoms with E-state index < -0.39 is 23.9 Å². The van der Waals surface area contributed by atoms with Gasteiger partial charge in [0.1, 0.15) is 11.9 Å². The largest absolute Gasteiger partial charge is 0.457 e. The van der Waals surface area contributed by atoms with Gasteiger partial charge in [0.25, 0.3) is 0 Å². The molecule has 0 amide bonds. The molecular weight excluding hydrogens is 374 g/mol. The van der Waals surface area contributed by atoms with Crippen molar-refractivity contribution in [3.63, 3.8) is 0 Å². The van der Waals surface area contributed by atoms with Crippen LogP contribution in [0.25, 0.3) is 0 Å². The Balaban J connectivity index is 3.01. The molecule has 0 fully saturated rings. The van der Waals surface area contributed by atoms with Gasteiger partial charge in [0, 0.05) is 15.5 Å². The summed E-state index contributed by atoms with van der Waals surface area (Å²) in [6.45, 7) is 16.2. The highest BCUT2D eigenvalue weighted by molar-refractivity contribution is 7.95. The predicted molar refractivity (Wildman–Crippen MR) is 118 cm³/mol. The lowest BCUT2D eigenvalue weighted by molar-refractivity contribution is -0.145. The number of unbranched alkanes of at least 4 members (excludes halogenated alkanes) is 1. The van der Waals surface area contributed by atoms with Crippen LogP contribution in [0.1, 0.15) is 52.2 Å². The Hall–Kier alpha value is -1.40. The molecule has 0 saturated heterocycles. The first-order valence-corrected chi connectivity index (χ1v) is 14.3. The maximum absolute atomic E-state index is 13.6. The van der Waals surface area contributed by atoms with E-state index in [1.54, 1.807) is 0 Å². The first kappa shape index (κ1) is 23.6. The standard InChI is InChI=1S/C21H35NO3SSi/c1-8-9-13-16-26(24,22-27(6,7)21(3,4)5)17-20(23)25-18(2)19-14-11-10-12-15-19/h8,10-12,14-15,18H,1,9,13,16-17H2,2-7H3/t18-,26+/m0/s1. The van der Waals surface area contributed by atoms with Gasteiger partial charge in [0.05, 0.1) is 0 Å². The van der Waals surface area contributed by atoms with Gasteiger partial charge in [-0.1, -0.05) is 57.2 Å². The summed E-state index contributed by atoms with van der Waals surface area (Å²) >= 11 is 0. The lowest BCUT2D eigenvalue weighted by Crippen LogP contribution is -2.38. The van der Waals surface area contributed by atoms with Gasteiger partial charge in [-0.05, 0) is 43.5 Å². The molecule has 0 spiro atoms. The van der Waals surface area contributed by atoms with Gasteiger partial charge in [-0.15, -0.1) is 6.58 Å². The SMILES string of the molecule is C=CCCC[S@@](=O)(CC(=O)O[C@@H](C)c1ccccc1)=N[Si](C)(C)C(C)(C)C. The zero-order valence-electron chi connectivity index (χ0n) is 17.7. The minimum atomic E-state index is -2.66. The molecule has 0 aliphatic rings. The van der Waals surface area contributed by atoms with E-state index in [4.69, 9.17) is 8.77 Å². The van der Waals surface area contributed by atoms with E-state index in [1.807, 2.05) is 43.3 Å². The number of allylic oxidation sites excluding steroid dienone is 1. The molecular formula is C21H35NO3SSi. The molecule has 1 rings (SSSR count). The van der Waals surface area contributed by atoms with Gasteiger partial charge in [0.2, 0.25) is 0 Å². The number of hydrogen-bond donors (Lipinski definition) is 0. The van der Waals surface area contributed by atoms with Gasteiger partial charge >= 0.3 is 5.97 Å². The Morgan fingerprint density at radius 1 is 1.30 bits per heavy atom. The zero-order chi connectivity index (χ0) is 20.7. The Bertz CT molecular complexity index is 744. The van der Waals surface area contributed by atoms with Gasteiger partial charge in [-0.25, -0.2) is 4.21 Å². The lowest BCUT2D eigenvalue weighted by atomic mass is 10.1. The summed E-state index contributed by atoms with van der Waals surface area (Å²) in [7, 11) is -4.82. The van der Waals surface area contributed by atoms with Crippen LogP contribution in [-0.2, 0) is 19.3 Å². The molecule has 0 N–H and O–H groups in total. The highest BCUT2D eigenvalue weighted by Crippen LogP contribution is 2.37. The monoisotopic (exact) mass is 409 g/mol. The third kappa shape index (κ3) is 7.62. The predicted octanol–water partition coefficient (Wildman–Crippen LogP) is 5.73. The molecule has 6 heteroatoms. The molecule has 0 radical (unpaired) electrons. The molecule has 0 aromatic heterocycles. The van der Waals surface area contributed by atoms with Gasteiger partial charge < -0.3 is 4.74 Å². The van der Waals surface area contributed by atoms with Crippen molar-refractivity contribution >= 4 is 23.9 Å². The minimum Gasteiger partial charge on any atom is -0.457 e. The number of rotatable bonds is 9. The van der Waals surface area contributed by atoms with Gasteiger partial charge in [-0.2, -0.15) is 0 Å². The molecule has 0 unspecified atom stereocenters. The number of esters is 1. The second kappa shape index (κ2) is 9.69. The third-order valence-electron chi connectivity index (χ3n) is 5.02. The van der Waals surface area contributed by atoms with Crippen molar-refractivity contribution in [2.24, 2.45) is 4.03 Å². The van der Waals surface area contributed by atoms with E-state index in [1.165, 1.54) is 0 Å². The molecule has 0 heterocycles. The van der Waals surface area contributed by atoms with Crippen molar-refractivity contribution in [3.8, 4) is 0 Å².